The zero-order chi connectivity index (χ0) is 12.3. The lowest BCUT2D eigenvalue weighted by atomic mass is 10.1. The first-order valence-electron chi connectivity index (χ1n) is 4.67. The molecular weight excluding hydrogens is 250 g/mol. The van der Waals surface area contributed by atoms with Gasteiger partial charge in [-0.1, -0.05) is 17.7 Å². The van der Waals surface area contributed by atoms with Crippen molar-refractivity contribution in [3.05, 3.63) is 41.9 Å². The van der Waals surface area contributed by atoms with Crippen LogP contribution in [0.2, 0.25) is 5.02 Å². The Morgan fingerprint density at radius 1 is 1.18 bits per heavy atom. The van der Waals surface area contributed by atoms with Gasteiger partial charge in [0.1, 0.15) is 5.02 Å². The monoisotopic (exact) mass is 256 g/mol. The fraction of sp³-hybridized carbons (Fsp3) is 0.0909. The molecular formula is C11H7ClF2N2O. The van der Waals surface area contributed by atoms with E-state index in [0.717, 1.165) is 0 Å². The number of pyridine rings is 2. The van der Waals surface area contributed by atoms with Crippen LogP contribution in [-0.4, -0.2) is 16.6 Å². The standard InChI is InChI=1S/C11H7ClF2N2O/c12-9-6-16-5-8(10(9)17-11(13)14)7-2-1-3-15-4-7/h1-6,11H. The molecule has 0 aliphatic rings. The van der Waals surface area contributed by atoms with Gasteiger partial charge in [0.05, 0.1) is 0 Å². The molecule has 0 aliphatic heterocycles. The minimum atomic E-state index is -2.94. The van der Waals surface area contributed by atoms with Crippen LogP contribution < -0.4 is 4.74 Å². The molecule has 0 bridgehead atoms. The summed E-state index contributed by atoms with van der Waals surface area (Å²) < 4.78 is 29.0. The van der Waals surface area contributed by atoms with E-state index in [-0.39, 0.29) is 10.8 Å². The maximum atomic E-state index is 12.3. The summed E-state index contributed by atoms with van der Waals surface area (Å²) in [5, 5.41) is 0.0339. The van der Waals surface area contributed by atoms with E-state index in [0.29, 0.717) is 11.1 Å². The second-order valence-corrected chi connectivity index (χ2v) is 3.53. The largest absolute Gasteiger partial charge is 0.432 e. The van der Waals surface area contributed by atoms with Gasteiger partial charge < -0.3 is 4.74 Å². The average Bonchev–Trinajstić information content (AvgIpc) is 2.32. The fourth-order valence-electron chi connectivity index (χ4n) is 1.36. The van der Waals surface area contributed by atoms with E-state index in [1.807, 2.05) is 0 Å². The van der Waals surface area contributed by atoms with E-state index < -0.39 is 6.61 Å². The van der Waals surface area contributed by atoms with Crippen molar-refractivity contribution in [1.29, 1.82) is 0 Å². The Morgan fingerprint density at radius 3 is 2.65 bits per heavy atom. The third-order valence-electron chi connectivity index (χ3n) is 2.03. The number of hydrogen-bond donors (Lipinski definition) is 0. The third-order valence-corrected chi connectivity index (χ3v) is 2.30. The van der Waals surface area contributed by atoms with Crippen LogP contribution >= 0.6 is 11.6 Å². The molecule has 0 aliphatic carbocycles. The normalized spacial score (nSPS) is 10.6. The smallest absolute Gasteiger partial charge is 0.387 e. The highest BCUT2D eigenvalue weighted by molar-refractivity contribution is 6.32. The predicted octanol–water partition coefficient (Wildman–Crippen LogP) is 3.40. The Kier molecular flexibility index (Phi) is 3.49. The Morgan fingerprint density at radius 2 is 2.00 bits per heavy atom. The van der Waals surface area contributed by atoms with Crippen molar-refractivity contribution >= 4 is 11.6 Å². The molecule has 2 aromatic heterocycles. The lowest BCUT2D eigenvalue weighted by Crippen LogP contribution is -2.04. The summed E-state index contributed by atoms with van der Waals surface area (Å²) >= 11 is 5.78. The maximum Gasteiger partial charge on any atom is 0.387 e. The second-order valence-electron chi connectivity index (χ2n) is 3.12. The molecule has 0 atom stereocenters. The molecule has 3 nitrogen and oxygen atoms in total. The quantitative estimate of drug-likeness (QED) is 0.844. The van der Waals surface area contributed by atoms with Gasteiger partial charge in [-0.2, -0.15) is 8.78 Å². The van der Waals surface area contributed by atoms with Gasteiger partial charge in [0.25, 0.3) is 0 Å². The molecule has 0 radical (unpaired) electrons. The van der Waals surface area contributed by atoms with E-state index in [9.17, 15) is 8.78 Å². The zero-order valence-corrected chi connectivity index (χ0v) is 9.23. The zero-order valence-electron chi connectivity index (χ0n) is 8.48. The SMILES string of the molecule is FC(F)Oc1c(Cl)cncc1-c1cccnc1. The molecule has 0 spiro atoms. The van der Waals surface area contributed by atoms with Gasteiger partial charge in [-0.3, -0.25) is 9.97 Å². The molecule has 0 saturated carbocycles. The molecule has 0 fully saturated rings. The van der Waals surface area contributed by atoms with Crippen LogP contribution in [0.1, 0.15) is 0 Å². The molecule has 0 aromatic carbocycles. The topological polar surface area (TPSA) is 35.0 Å². The van der Waals surface area contributed by atoms with Crippen molar-refractivity contribution in [1.82, 2.24) is 9.97 Å². The first-order valence-corrected chi connectivity index (χ1v) is 5.05. The van der Waals surface area contributed by atoms with E-state index in [2.05, 4.69) is 14.7 Å². The summed E-state index contributed by atoms with van der Waals surface area (Å²) in [6.07, 6.45) is 5.75. The van der Waals surface area contributed by atoms with Crippen molar-refractivity contribution in [3.63, 3.8) is 0 Å². The first-order chi connectivity index (χ1) is 8.18. The van der Waals surface area contributed by atoms with Crippen LogP contribution in [0.3, 0.4) is 0 Å². The number of rotatable bonds is 3. The number of hydrogen-bond acceptors (Lipinski definition) is 3. The molecule has 2 rings (SSSR count). The summed E-state index contributed by atoms with van der Waals surface area (Å²) in [5.41, 5.74) is 0.990. The molecule has 0 saturated heterocycles. The summed E-state index contributed by atoms with van der Waals surface area (Å²) in [4.78, 5) is 7.74. The molecule has 2 heterocycles. The summed E-state index contributed by atoms with van der Waals surface area (Å²) in [7, 11) is 0. The van der Waals surface area contributed by atoms with Gasteiger partial charge >= 0.3 is 6.61 Å². The lowest BCUT2D eigenvalue weighted by Gasteiger charge is -2.11. The molecule has 0 unspecified atom stereocenters. The number of halogens is 3. The summed E-state index contributed by atoms with van der Waals surface area (Å²) in [6.45, 7) is -2.94. The van der Waals surface area contributed by atoms with Gasteiger partial charge in [0.2, 0.25) is 0 Å². The van der Waals surface area contributed by atoms with Crippen molar-refractivity contribution in [2.75, 3.05) is 0 Å². The third kappa shape index (κ3) is 2.68. The highest BCUT2D eigenvalue weighted by Gasteiger charge is 2.15. The second kappa shape index (κ2) is 5.05. The number of ether oxygens (including phenoxy) is 1. The molecule has 17 heavy (non-hydrogen) atoms. The van der Waals surface area contributed by atoms with Crippen LogP contribution in [0.5, 0.6) is 5.75 Å². The van der Waals surface area contributed by atoms with E-state index in [1.165, 1.54) is 18.6 Å². The number of alkyl halides is 2. The Labute approximate surface area is 101 Å². The fourth-order valence-corrected chi connectivity index (χ4v) is 1.56. The van der Waals surface area contributed by atoms with Crippen molar-refractivity contribution in [2.45, 2.75) is 6.61 Å². The van der Waals surface area contributed by atoms with E-state index in [4.69, 9.17) is 11.6 Å². The Balaban J connectivity index is 2.50. The minimum Gasteiger partial charge on any atom is -0.432 e. The molecule has 6 heteroatoms. The van der Waals surface area contributed by atoms with Crippen LogP contribution in [-0.2, 0) is 0 Å². The van der Waals surface area contributed by atoms with Crippen molar-refractivity contribution in [3.8, 4) is 16.9 Å². The Hall–Kier alpha value is -1.75. The van der Waals surface area contributed by atoms with Crippen LogP contribution in [0.4, 0.5) is 8.78 Å². The molecule has 0 amide bonds. The van der Waals surface area contributed by atoms with Gasteiger partial charge in [-0.25, -0.2) is 0 Å². The van der Waals surface area contributed by atoms with Crippen molar-refractivity contribution in [2.24, 2.45) is 0 Å². The highest BCUT2D eigenvalue weighted by Crippen LogP contribution is 2.35. The average molecular weight is 257 g/mol. The maximum absolute atomic E-state index is 12.3. The van der Waals surface area contributed by atoms with Crippen molar-refractivity contribution < 1.29 is 13.5 Å². The van der Waals surface area contributed by atoms with Gasteiger partial charge in [-0.05, 0) is 6.07 Å². The highest BCUT2D eigenvalue weighted by atomic mass is 35.5. The predicted molar refractivity (Wildman–Crippen MR) is 59.1 cm³/mol. The minimum absolute atomic E-state index is 0.0339. The van der Waals surface area contributed by atoms with E-state index >= 15 is 0 Å². The molecule has 2 aromatic rings. The summed E-state index contributed by atoms with van der Waals surface area (Å²) in [5.74, 6) is -0.0929. The number of aromatic nitrogens is 2. The van der Waals surface area contributed by atoms with Gasteiger partial charge in [-0.15, -0.1) is 0 Å². The van der Waals surface area contributed by atoms with Gasteiger partial charge in [0.15, 0.2) is 5.75 Å². The van der Waals surface area contributed by atoms with Crippen LogP contribution in [0, 0.1) is 0 Å². The van der Waals surface area contributed by atoms with Gasteiger partial charge in [0, 0.05) is 35.9 Å². The number of nitrogens with zero attached hydrogens (tertiary/aromatic N) is 2. The Bertz CT molecular complexity index is 508. The van der Waals surface area contributed by atoms with Crippen LogP contribution in [0.15, 0.2) is 36.9 Å². The first kappa shape index (κ1) is 11.7. The van der Waals surface area contributed by atoms with Crippen LogP contribution in [0.25, 0.3) is 11.1 Å². The van der Waals surface area contributed by atoms with E-state index in [1.54, 1.807) is 18.3 Å². The molecule has 88 valence electrons. The summed E-state index contributed by atoms with van der Waals surface area (Å²) in [6, 6.07) is 3.39. The lowest BCUT2D eigenvalue weighted by molar-refractivity contribution is -0.0494. The molecule has 0 N–H and O–H groups in total.